The molecule has 0 saturated carbocycles. The van der Waals surface area contributed by atoms with Gasteiger partial charge in [-0.25, -0.2) is 4.99 Å². The largest absolute Gasteiger partial charge is 0.381 e. The normalized spacial score (nSPS) is 17.6. The van der Waals surface area contributed by atoms with Crippen LogP contribution in [0, 0.1) is 0 Å². The summed E-state index contributed by atoms with van der Waals surface area (Å²) in [4.78, 5) is 7.14. The third-order valence-electron chi connectivity index (χ3n) is 5.21. The van der Waals surface area contributed by atoms with E-state index in [1.54, 1.807) is 0 Å². The molecule has 5 nitrogen and oxygen atoms in total. The highest BCUT2D eigenvalue weighted by Gasteiger charge is 2.34. The minimum atomic E-state index is 0.135. The van der Waals surface area contributed by atoms with Gasteiger partial charge in [0.05, 0.1) is 6.54 Å². The lowest BCUT2D eigenvalue weighted by molar-refractivity contribution is -0.00501. The maximum absolute atomic E-state index is 5.56. The summed E-state index contributed by atoms with van der Waals surface area (Å²) >= 11 is 0. The van der Waals surface area contributed by atoms with Gasteiger partial charge in [-0.1, -0.05) is 31.2 Å². The molecule has 5 heteroatoms. The van der Waals surface area contributed by atoms with E-state index in [9.17, 15) is 0 Å². The molecule has 1 aromatic carbocycles. The van der Waals surface area contributed by atoms with Crippen molar-refractivity contribution < 1.29 is 4.74 Å². The van der Waals surface area contributed by atoms with Crippen LogP contribution in [-0.4, -0.2) is 56.8 Å². The van der Waals surface area contributed by atoms with E-state index in [4.69, 9.17) is 9.73 Å². The summed E-state index contributed by atoms with van der Waals surface area (Å²) in [6, 6.07) is 8.55. The maximum atomic E-state index is 5.56. The van der Waals surface area contributed by atoms with Gasteiger partial charge in [0, 0.05) is 31.8 Å². The maximum Gasteiger partial charge on any atom is 0.191 e. The summed E-state index contributed by atoms with van der Waals surface area (Å²) in [7, 11) is 4.32. The Morgan fingerprint density at radius 1 is 1.12 bits per heavy atom. The van der Waals surface area contributed by atoms with Gasteiger partial charge in [-0.15, -0.1) is 0 Å². The van der Waals surface area contributed by atoms with E-state index < -0.39 is 0 Å². The summed E-state index contributed by atoms with van der Waals surface area (Å²) in [5.74, 6) is 0.890. The van der Waals surface area contributed by atoms with Gasteiger partial charge in [0.2, 0.25) is 0 Å². The van der Waals surface area contributed by atoms with Crippen molar-refractivity contribution in [2.24, 2.45) is 4.99 Å². The zero-order valence-corrected chi connectivity index (χ0v) is 16.3. The van der Waals surface area contributed by atoms with Crippen LogP contribution in [0.1, 0.15) is 37.8 Å². The number of aryl methyl sites for hydroxylation is 1. The zero-order valence-electron chi connectivity index (χ0n) is 16.3. The summed E-state index contributed by atoms with van der Waals surface area (Å²) < 4.78 is 5.56. The molecule has 1 heterocycles. The monoisotopic (exact) mass is 346 g/mol. The molecular weight excluding hydrogens is 312 g/mol. The zero-order chi connectivity index (χ0) is 18.1. The van der Waals surface area contributed by atoms with Gasteiger partial charge in [0.15, 0.2) is 5.96 Å². The molecule has 0 aromatic heterocycles. The highest BCUT2D eigenvalue weighted by atomic mass is 16.5. The second-order valence-electron chi connectivity index (χ2n) is 6.90. The van der Waals surface area contributed by atoms with Crippen molar-refractivity contribution in [3.05, 3.63) is 35.4 Å². The molecule has 0 atom stereocenters. The van der Waals surface area contributed by atoms with Crippen molar-refractivity contribution in [1.29, 1.82) is 0 Å². The SMILES string of the molecule is CCNC(=NCc1ccccc1CC)NCC1(N(C)C)CCOCC1. The van der Waals surface area contributed by atoms with Gasteiger partial charge in [0.25, 0.3) is 0 Å². The van der Waals surface area contributed by atoms with E-state index in [1.807, 2.05) is 0 Å². The lowest BCUT2D eigenvalue weighted by Gasteiger charge is -2.43. The Hall–Kier alpha value is -1.59. The molecule has 0 amide bonds. The first-order valence-corrected chi connectivity index (χ1v) is 9.45. The van der Waals surface area contributed by atoms with Crippen molar-refractivity contribution in [2.75, 3.05) is 40.4 Å². The summed E-state index contributed by atoms with van der Waals surface area (Å²) in [5, 5.41) is 6.94. The molecule has 1 aliphatic heterocycles. The number of aliphatic imine (C=N–C) groups is 1. The third kappa shape index (κ3) is 5.44. The molecule has 1 saturated heterocycles. The Morgan fingerprint density at radius 2 is 1.80 bits per heavy atom. The van der Waals surface area contributed by atoms with E-state index in [-0.39, 0.29) is 5.54 Å². The van der Waals surface area contributed by atoms with Crippen LogP contribution in [0.2, 0.25) is 0 Å². The second kappa shape index (κ2) is 9.78. The quantitative estimate of drug-likeness (QED) is 0.588. The Balaban J connectivity index is 2.04. The topological polar surface area (TPSA) is 48.9 Å². The fraction of sp³-hybridized carbons (Fsp3) is 0.650. The molecule has 1 fully saturated rings. The van der Waals surface area contributed by atoms with Crippen molar-refractivity contribution in [2.45, 2.75) is 45.2 Å². The smallest absolute Gasteiger partial charge is 0.191 e. The van der Waals surface area contributed by atoms with Crippen molar-refractivity contribution in [1.82, 2.24) is 15.5 Å². The number of hydrogen-bond acceptors (Lipinski definition) is 3. The fourth-order valence-electron chi connectivity index (χ4n) is 3.34. The van der Waals surface area contributed by atoms with E-state index in [0.717, 1.165) is 51.5 Å². The van der Waals surface area contributed by atoms with Gasteiger partial charge in [-0.05, 0) is 51.4 Å². The van der Waals surface area contributed by atoms with Crippen LogP contribution in [0.25, 0.3) is 0 Å². The fourth-order valence-corrected chi connectivity index (χ4v) is 3.34. The Kier molecular flexibility index (Phi) is 7.72. The van der Waals surface area contributed by atoms with Gasteiger partial charge in [-0.3, -0.25) is 0 Å². The first kappa shape index (κ1) is 19.7. The summed E-state index contributed by atoms with van der Waals surface area (Å²) in [6.07, 6.45) is 3.13. The summed E-state index contributed by atoms with van der Waals surface area (Å²) in [5.41, 5.74) is 2.81. The number of benzene rings is 1. The molecule has 0 bridgehead atoms. The number of likely N-dealkylation sites (N-methyl/N-ethyl adjacent to an activating group) is 1. The molecule has 0 spiro atoms. The number of nitrogens with zero attached hydrogens (tertiary/aromatic N) is 2. The third-order valence-corrected chi connectivity index (χ3v) is 5.21. The van der Waals surface area contributed by atoms with E-state index in [1.165, 1.54) is 11.1 Å². The molecule has 25 heavy (non-hydrogen) atoms. The lowest BCUT2D eigenvalue weighted by Crippen LogP contribution is -2.57. The first-order chi connectivity index (χ1) is 12.1. The minimum Gasteiger partial charge on any atom is -0.381 e. The molecule has 2 N–H and O–H groups in total. The predicted molar refractivity (Wildman–Crippen MR) is 105 cm³/mol. The van der Waals surface area contributed by atoms with E-state index in [0.29, 0.717) is 6.54 Å². The average molecular weight is 347 g/mol. The van der Waals surface area contributed by atoms with Gasteiger partial charge in [-0.2, -0.15) is 0 Å². The van der Waals surface area contributed by atoms with Crippen LogP contribution in [0.15, 0.2) is 29.3 Å². The highest BCUT2D eigenvalue weighted by Crippen LogP contribution is 2.25. The number of guanidine groups is 1. The molecular formula is C20H34N4O. The minimum absolute atomic E-state index is 0.135. The van der Waals surface area contributed by atoms with Crippen molar-refractivity contribution in [3.8, 4) is 0 Å². The van der Waals surface area contributed by atoms with Crippen molar-refractivity contribution >= 4 is 5.96 Å². The number of rotatable bonds is 7. The highest BCUT2D eigenvalue weighted by molar-refractivity contribution is 5.79. The van der Waals surface area contributed by atoms with Gasteiger partial charge >= 0.3 is 0 Å². The lowest BCUT2D eigenvalue weighted by atomic mass is 9.88. The number of hydrogen-bond donors (Lipinski definition) is 2. The first-order valence-electron chi connectivity index (χ1n) is 9.45. The molecule has 0 aliphatic carbocycles. The van der Waals surface area contributed by atoms with Crippen LogP contribution in [0.5, 0.6) is 0 Å². The van der Waals surface area contributed by atoms with Gasteiger partial charge in [0.1, 0.15) is 0 Å². The average Bonchev–Trinajstić information content (AvgIpc) is 2.65. The number of ether oxygens (including phenoxy) is 1. The predicted octanol–water partition coefficient (Wildman–Crippen LogP) is 2.41. The molecule has 0 radical (unpaired) electrons. The number of nitrogens with one attached hydrogen (secondary N) is 2. The summed E-state index contributed by atoms with van der Waals surface area (Å²) in [6.45, 7) is 8.40. The molecule has 2 rings (SSSR count). The van der Waals surface area contributed by atoms with Crippen LogP contribution in [-0.2, 0) is 17.7 Å². The van der Waals surface area contributed by atoms with E-state index >= 15 is 0 Å². The molecule has 1 aromatic rings. The Morgan fingerprint density at radius 3 is 2.40 bits per heavy atom. The van der Waals surface area contributed by atoms with Crippen LogP contribution in [0.4, 0.5) is 0 Å². The molecule has 0 unspecified atom stereocenters. The van der Waals surface area contributed by atoms with Crippen LogP contribution in [0.3, 0.4) is 0 Å². The molecule has 140 valence electrons. The van der Waals surface area contributed by atoms with E-state index in [2.05, 4.69) is 67.7 Å². The second-order valence-corrected chi connectivity index (χ2v) is 6.90. The molecule has 1 aliphatic rings. The van der Waals surface area contributed by atoms with Crippen molar-refractivity contribution in [3.63, 3.8) is 0 Å². The standard InChI is InChI=1S/C20H34N4O/c1-5-17-9-7-8-10-18(17)15-22-19(21-6-2)23-16-20(24(3)4)11-13-25-14-12-20/h7-10H,5-6,11-16H2,1-4H3,(H2,21,22,23). The Labute approximate surface area is 152 Å². The van der Waals surface area contributed by atoms with Crippen LogP contribution < -0.4 is 10.6 Å². The van der Waals surface area contributed by atoms with Crippen LogP contribution >= 0.6 is 0 Å². The van der Waals surface area contributed by atoms with Gasteiger partial charge < -0.3 is 20.3 Å². The Bertz CT molecular complexity index is 550.